The van der Waals surface area contributed by atoms with Crippen molar-refractivity contribution in [2.45, 2.75) is 19.9 Å². The average molecular weight is 350 g/mol. The van der Waals surface area contributed by atoms with Crippen molar-refractivity contribution >= 4 is 15.9 Å². The number of halogens is 1. The minimum absolute atomic E-state index is 0.302. The lowest BCUT2D eigenvalue weighted by Gasteiger charge is -2.21. The second-order valence-electron chi connectivity index (χ2n) is 5.06. The number of methoxy groups -OCH3 is 2. The second-order valence-corrected chi connectivity index (χ2v) is 5.98. The number of rotatable bonds is 4. The quantitative estimate of drug-likeness (QED) is 0.902. The molecule has 0 aromatic heterocycles. The van der Waals surface area contributed by atoms with Gasteiger partial charge in [0.15, 0.2) is 0 Å². The minimum atomic E-state index is -0.302. The van der Waals surface area contributed by atoms with E-state index in [1.165, 1.54) is 0 Å². The molecular weight excluding hydrogens is 330 g/mol. The first-order valence-corrected chi connectivity index (χ1v) is 7.51. The summed E-state index contributed by atoms with van der Waals surface area (Å²) in [5.74, 6) is 1.57. The highest BCUT2D eigenvalue weighted by atomic mass is 79.9. The first-order valence-electron chi connectivity index (χ1n) is 6.72. The van der Waals surface area contributed by atoms with Crippen molar-refractivity contribution in [3.63, 3.8) is 0 Å². The van der Waals surface area contributed by atoms with Crippen molar-refractivity contribution in [3.8, 4) is 11.5 Å². The fraction of sp³-hybridized carbons (Fsp3) is 0.294. The lowest BCUT2D eigenvalue weighted by molar-refractivity contribution is 0.399. The molecule has 0 heterocycles. The largest absolute Gasteiger partial charge is 0.496 e. The molecule has 2 aromatic carbocycles. The second kappa shape index (κ2) is 6.50. The van der Waals surface area contributed by atoms with Gasteiger partial charge in [-0.15, -0.1) is 0 Å². The normalized spacial score (nSPS) is 12.1. The van der Waals surface area contributed by atoms with Gasteiger partial charge in [-0.2, -0.15) is 0 Å². The third-order valence-corrected chi connectivity index (χ3v) is 4.05. The Labute approximate surface area is 134 Å². The van der Waals surface area contributed by atoms with Crippen molar-refractivity contribution in [3.05, 3.63) is 57.1 Å². The Balaban J connectivity index is 2.57. The van der Waals surface area contributed by atoms with Crippen LogP contribution in [0.2, 0.25) is 0 Å². The fourth-order valence-electron chi connectivity index (χ4n) is 2.60. The molecule has 1 unspecified atom stereocenters. The summed E-state index contributed by atoms with van der Waals surface area (Å²) >= 11 is 3.45. The lowest BCUT2D eigenvalue weighted by Crippen LogP contribution is -2.16. The molecule has 0 fully saturated rings. The van der Waals surface area contributed by atoms with E-state index in [1.54, 1.807) is 14.2 Å². The molecule has 0 amide bonds. The van der Waals surface area contributed by atoms with Gasteiger partial charge in [0.05, 0.1) is 20.3 Å². The Kier molecular flexibility index (Phi) is 4.91. The van der Waals surface area contributed by atoms with E-state index in [4.69, 9.17) is 15.2 Å². The van der Waals surface area contributed by atoms with Crippen LogP contribution in [0.3, 0.4) is 0 Å². The molecule has 1 atom stereocenters. The Morgan fingerprint density at radius 2 is 1.67 bits per heavy atom. The topological polar surface area (TPSA) is 44.5 Å². The zero-order valence-electron chi connectivity index (χ0n) is 12.7. The van der Waals surface area contributed by atoms with Crippen LogP contribution in [0.4, 0.5) is 0 Å². The van der Waals surface area contributed by atoms with E-state index >= 15 is 0 Å². The van der Waals surface area contributed by atoms with Gasteiger partial charge in [0.2, 0.25) is 0 Å². The maximum atomic E-state index is 6.49. The SMILES string of the molecule is COc1cc(Br)ccc1C(N)c1c(C)cc(C)cc1OC. The smallest absolute Gasteiger partial charge is 0.125 e. The summed E-state index contributed by atoms with van der Waals surface area (Å²) in [5.41, 5.74) is 10.7. The monoisotopic (exact) mass is 349 g/mol. The highest BCUT2D eigenvalue weighted by Crippen LogP contribution is 2.36. The fourth-order valence-corrected chi connectivity index (χ4v) is 2.94. The van der Waals surface area contributed by atoms with E-state index in [1.807, 2.05) is 31.2 Å². The van der Waals surface area contributed by atoms with Gasteiger partial charge in [-0.3, -0.25) is 0 Å². The highest BCUT2D eigenvalue weighted by Gasteiger charge is 2.20. The van der Waals surface area contributed by atoms with Crippen LogP contribution in [0.1, 0.15) is 28.3 Å². The van der Waals surface area contributed by atoms with Crippen LogP contribution >= 0.6 is 15.9 Å². The number of aryl methyl sites for hydroxylation is 2. The number of hydrogen-bond donors (Lipinski definition) is 1. The van der Waals surface area contributed by atoms with Crippen LogP contribution in [0.25, 0.3) is 0 Å². The molecule has 0 aliphatic carbocycles. The molecule has 0 aliphatic heterocycles. The minimum Gasteiger partial charge on any atom is -0.496 e. The molecule has 0 bridgehead atoms. The summed E-state index contributed by atoms with van der Waals surface area (Å²) in [7, 11) is 3.32. The van der Waals surface area contributed by atoms with Crippen molar-refractivity contribution in [1.29, 1.82) is 0 Å². The van der Waals surface area contributed by atoms with Crippen LogP contribution < -0.4 is 15.2 Å². The van der Waals surface area contributed by atoms with E-state index < -0.39 is 0 Å². The maximum absolute atomic E-state index is 6.49. The maximum Gasteiger partial charge on any atom is 0.125 e. The van der Waals surface area contributed by atoms with Gasteiger partial charge < -0.3 is 15.2 Å². The van der Waals surface area contributed by atoms with Crippen molar-refractivity contribution < 1.29 is 9.47 Å². The van der Waals surface area contributed by atoms with E-state index in [9.17, 15) is 0 Å². The molecule has 2 N–H and O–H groups in total. The first kappa shape index (κ1) is 15.9. The molecule has 2 aromatic rings. The predicted molar refractivity (Wildman–Crippen MR) is 89.2 cm³/mol. The average Bonchev–Trinajstić information content (AvgIpc) is 2.45. The number of hydrogen-bond acceptors (Lipinski definition) is 3. The molecule has 3 nitrogen and oxygen atoms in total. The summed E-state index contributed by atoms with van der Waals surface area (Å²) in [5, 5.41) is 0. The number of nitrogens with two attached hydrogens (primary N) is 1. The Morgan fingerprint density at radius 3 is 2.29 bits per heavy atom. The zero-order chi connectivity index (χ0) is 15.6. The zero-order valence-corrected chi connectivity index (χ0v) is 14.3. The van der Waals surface area contributed by atoms with Crippen LogP contribution in [0, 0.1) is 13.8 Å². The first-order chi connectivity index (χ1) is 9.97. The molecule has 0 saturated heterocycles. The molecule has 4 heteroatoms. The van der Waals surface area contributed by atoms with Crippen LogP contribution in [-0.2, 0) is 0 Å². The Morgan fingerprint density at radius 1 is 1.00 bits per heavy atom. The summed E-state index contributed by atoms with van der Waals surface area (Å²) in [6.07, 6.45) is 0. The molecular formula is C17H20BrNO2. The van der Waals surface area contributed by atoms with Crippen LogP contribution in [0.5, 0.6) is 11.5 Å². The molecule has 0 saturated carbocycles. The standard InChI is InChI=1S/C17H20BrNO2/c1-10-7-11(2)16(15(8-10)21-4)17(19)13-6-5-12(18)9-14(13)20-3/h5-9,17H,19H2,1-4H3. The van der Waals surface area contributed by atoms with E-state index in [0.717, 1.165) is 38.2 Å². The molecule has 21 heavy (non-hydrogen) atoms. The van der Waals surface area contributed by atoms with Gasteiger partial charge in [0.1, 0.15) is 11.5 Å². The lowest BCUT2D eigenvalue weighted by atomic mass is 9.93. The summed E-state index contributed by atoms with van der Waals surface area (Å²) in [6, 6.07) is 9.69. The van der Waals surface area contributed by atoms with Gasteiger partial charge in [0.25, 0.3) is 0 Å². The van der Waals surface area contributed by atoms with Gasteiger partial charge >= 0.3 is 0 Å². The number of ether oxygens (including phenoxy) is 2. The third kappa shape index (κ3) is 3.22. The van der Waals surface area contributed by atoms with E-state index in [0.29, 0.717) is 0 Å². The molecule has 0 aliphatic rings. The van der Waals surface area contributed by atoms with Gasteiger partial charge in [-0.05, 0) is 43.2 Å². The predicted octanol–water partition coefficient (Wildman–Crippen LogP) is 4.13. The highest BCUT2D eigenvalue weighted by molar-refractivity contribution is 9.10. The Hall–Kier alpha value is -1.52. The van der Waals surface area contributed by atoms with Crippen LogP contribution in [-0.4, -0.2) is 14.2 Å². The third-order valence-electron chi connectivity index (χ3n) is 3.55. The van der Waals surface area contributed by atoms with Gasteiger partial charge in [-0.1, -0.05) is 28.1 Å². The number of benzene rings is 2. The van der Waals surface area contributed by atoms with E-state index in [-0.39, 0.29) is 6.04 Å². The molecule has 112 valence electrons. The summed E-state index contributed by atoms with van der Waals surface area (Å²) < 4.78 is 11.9. The summed E-state index contributed by atoms with van der Waals surface area (Å²) in [6.45, 7) is 4.10. The molecule has 0 radical (unpaired) electrons. The van der Waals surface area contributed by atoms with Crippen molar-refractivity contribution in [2.24, 2.45) is 5.73 Å². The molecule has 2 rings (SSSR count). The van der Waals surface area contributed by atoms with Crippen LogP contribution in [0.15, 0.2) is 34.8 Å². The molecule has 0 spiro atoms. The van der Waals surface area contributed by atoms with Crippen molar-refractivity contribution in [1.82, 2.24) is 0 Å². The summed E-state index contributed by atoms with van der Waals surface area (Å²) in [4.78, 5) is 0. The Bertz CT molecular complexity index is 655. The van der Waals surface area contributed by atoms with Gasteiger partial charge in [0, 0.05) is 15.6 Å². The van der Waals surface area contributed by atoms with Gasteiger partial charge in [-0.25, -0.2) is 0 Å². The van der Waals surface area contributed by atoms with Crippen molar-refractivity contribution in [2.75, 3.05) is 14.2 Å². The van der Waals surface area contributed by atoms with E-state index in [2.05, 4.69) is 28.9 Å².